The van der Waals surface area contributed by atoms with E-state index in [0.29, 0.717) is 28.5 Å². The van der Waals surface area contributed by atoms with Gasteiger partial charge in [0, 0.05) is 61.7 Å². The van der Waals surface area contributed by atoms with Crippen molar-refractivity contribution in [2.24, 2.45) is 5.73 Å². The van der Waals surface area contributed by atoms with Gasteiger partial charge in [-0.2, -0.15) is 4.98 Å². The first-order valence-electron chi connectivity index (χ1n) is 21.9. The SMILES string of the molecule is NCCOC(=O)OCCSSCCNC(=O)CNC(=O)[C@H](CCC(=O)O)NC(=O)CNC(=O)[C@H](CCC(=O)O)NC(=O)CNC(=O)CCCNC(=O)c1ccc(NCc2cnc3nc(N)[nH]c(=O)c3n2)cc1. The van der Waals surface area contributed by atoms with Crippen molar-refractivity contribution in [2.75, 3.05) is 75.0 Å². The van der Waals surface area contributed by atoms with Crippen molar-refractivity contribution in [1.29, 1.82) is 0 Å². The smallest absolute Gasteiger partial charge is 0.481 e. The van der Waals surface area contributed by atoms with Crippen LogP contribution in [0.4, 0.5) is 16.4 Å². The summed E-state index contributed by atoms with van der Waals surface area (Å²) in [4.78, 5) is 149. The number of H-pyrrole nitrogens is 1. The molecule has 0 unspecified atom stereocenters. The predicted molar refractivity (Wildman–Crippen MR) is 259 cm³/mol. The number of ether oxygens (including phenoxy) is 2. The fourth-order valence-corrected chi connectivity index (χ4v) is 7.44. The van der Waals surface area contributed by atoms with E-state index in [-0.39, 0.29) is 75.8 Å². The molecule has 0 aliphatic carbocycles. The highest BCUT2D eigenvalue weighted by Crippen LogP contribution is 2.20. The predicted octanol–water partition coefficient (Wildman–Crippen LogP) is -2.93. The zero-order valence-corrected chi connectivity index (χ0v) is 40.2. The van der Waals surface area contributed by atoms with Gasteiger partial charge in [-0.15, -0.1) is 0 Å². The molecule has 2 heterocycles. The normalized spacial score (nSPS) is 11.5. The number of aromatic amines is 1. The number of carbonyl (C=O) groups excluding carboxylic acids is 8. The van der Waals surface area contributed by atoms with Crippen LogP contribution in [-0.2, 0) is 54.4 Å². The first-order chi connectivity index (χ1) is 34.4. The minimum Gasteiger partial charge on any atom is -0.481 e. The maximum Gasteiger partial charge on any atom is 0.508 e. The van der Waals surface area contributed by atoms with Gasteiger partial charge in [-0.3, -0.25) is 52.9 Å². The van der Waals surface area contributed by atoms with E-state index in [1.165, 1.54) is 27.8 Å². The zero-order valence-electron chi connectivity index (χ0n) is 38.6. The van der Waals surface area contributed by atoms with Gasteiger partial charge in [-0.25, -0.2) is 14.8 Å². The molecular formula is C41H56N14O15S2. The highest BCUT2D eigenvalue weighted by Gasteiger charge is 2.25. The van der Waals surface area contributed by atoms with E-state index >= 15 is 0 Å². The van der Waals surface area contributed by atoms with E-state index in [2.05, 4.69) is 67.2 Å². The van der Waals surface area contributed by atoms with Crippen molar-refractivity contribution >= 4 is 104 Å². The molecule has 29 nitrogen and oxygen atoms in total. The Morgan fingerprint density at radius 3 is 1.92 bits per heavy atom. The number of carbonyl (C=O) groups is 10. The number of amides is 7. The number of nitrogen functional groups attached to an aromatic ring is 1. The number of hydrogen-bond donors (Lipinski definition) is 13. The summed E-state index contributed by atoms with van der Waals surface area (Å²) >= 11 is 0. The maximum absolute atomic E-state index is 13.0. The topological polar surface area (TPSA) is 449 Å². The Kier molecular flexibility index (Phi) is 26.1. The second-order valence-corrected chi connectivity index (χ2v) is 17.5. The van der Waals surface area contributed by atoms with E-state index in [9.17, 15) is 57.8 Å². The number of aromatic nitrogens is 4. The van der Waals surface area contributed by atoms with Crippen molar-refractivity contribution in [3.63, 3.8) is 0 Å². The van der Waals surface area contributed by atoms with Crippen molar-refractivity contribution in [3.05, 3.63) is 52.1 Å². The highest BCUT2D eigenvalue weighted by molar-refractivity contribution is 8.76. The van der Waals surface area contributed by atoms with Crippen LogP contribution in [0.5, 0.6) is 0 Å². The van der Waals surface area contributed by atoms with Crippen LogP contribution in [-0.4, -0.2) is 166 Å². The number of anilines is 2. The van der Waals surface area contributed by atoms with Crippen LogP contribution >= 0.6 is 21.6 Å². The molecule has 72 heavy (non-hydrogen) atoms. The van der Waals surface area contributed by atoms with Crippen LogP contribution < -0.4 is 59.6 Å². The molecule has 0 aliphatic rings. The zero-order chi connectivity index (χ0) is 52.8. The van der Waals surface area contributed by atoms with Crippen molar-refractivity contribution < 1.29 is 67.6 Å². The number of nitrogens with one attached hydrogen (secondary N) is 9. The van der Waals surface area contributed by atoms with Gasteiger partial charge < -0.3 is 73.7 Å². The Balaban J connectivity index is 1.35. The summed E-state index contributed by atoms with van der Waals surface area (Å²) in [6.45, 7) is -1.06. The maximum atomic E-state index is 13.0. The summed E-state index contributed by atoms with van der Waals surface area (Å²) in [5.41, 5.74) is 11.8. The van der Waals surface area contributed by atoms with Crippen LogP contribution in [0.1, 0.15) is 54.6 Å². The van der Waals surface area contributed by atoms with Crippen molar-refractivity contribution in [3.8, 4) is 0 Å². The molecule has 7 amide bonds. The Morgan fingerprint density at radius 1 is 0.694 bits per heavy atom. The van der Waals surface area contributed by atoms with Gasteiger partial charge in [0.25, 0.3) is 11.5 Å². The summed E-state index contributed by atoms with van der Waals surface area (Å²) in [5.74, 6) is -7.03. The number of carboxylic acids is 2. The molecule has 2 aromatic heterocycles. The second kappa shape index (κ2) is 32.2. The Hall–Kier alpha value is -7.80. The van der Waals surface area contributed by atoms with Crippen molar-refractivity contribution in [1.82, 2.24) is 57.2 Å². The number of nitrogens with two attached hydrogens (primary N) is 2. The third kappa shape index (κ3) is 23.7. The molecule has 0 radical (unpaired) electrons. The largest absolute Gasteiger partial charge is 0.508 e. The van der Waals surface area contributed by atoms with Gasteiger partial charge in [0.05, 0.1) is 38.1 Å². The van der Waals surface area contributed by atoms with Crippen LogP contribution in [0.3, 0.4) is 0 Å². The van der Waals surface area contributed by atoms with E-state index in [0.717, 1.165) is 0 Å². The summed E-state index contributed by atoms with van der Waals surface area (Å²) in [7, 11) is 2.76. The number of carboxylic acid groups (broad SMARTS) is 2. The molecule has 0 fully saturated rings. The minimum atomic E-state index is -1.48. The van der Waals surface area contributed by atoms with Gasteiger partial charge >= 0.3 is 18.1 Å². The van der Waals surface area contributed by atoms with Gasteiger partial charge in [0.15, 0.2) is 11.2 Å². The third-order valence-corrected chi connectivity index (χ3v) is 11.5. The summed E-state index contributed by atoms with van der Waals surface area (Å²) in [6.07, 6.45) is -1.21. The fraction of sp³-hybridized carbons (Fsp3) is 0.463. The van der Waals surface area contributed by atoms with E-state index in [1.54, 1.807) is 24.3 Å². The Labute approximate surface area is 417 Å². The number of nitrogens with zero attached hydrogens (tertiary/aromatic N) is 3. The average Bonchev–Trinajstić information content (AvgIpc) is 3.35. The molecule has 31 heteroatoms. The van der Waals surface area contributed by atoms with Gasteiger partial charge in [-0.1, -0.05) is 21.6 Å². The number of benzene rings is 1. The quantitative estimate of drug-likeness (QED) is 0.0165. The molecule has 0 aliphatic heterocycles. The molecule has 392 valence electrons. The molecule has 15 N–H and O–H groups in total. The lowest BCUT2D eigenvalue weighted by atomic mass is 10.1. The van der Waals surface area contributed by atoms with E-state index in [4.69, 9.17) is 21.3 Å². The summed E-state index contributed by atoms with van der Waals surface area (Å²) < 4.78 is 9.50. The molecule has 2 atom stereocenters. The summed E-state index contributed by atoms with van der Waals surface area (Å²) in [5, 5.41) is 38.2. The standard InChI is InChI=1S/C41H56N14O15S2/c42-11-14-69-41(68)70-15-17-72-71-16-13-44-29(57)20-49-37(65)26(7-9-32(60)61)53-31(59)22-50-38(66)27(8-10-33(62)63)52-30(58)21-47-28(56)2-1-12-45-36(64)23-3-5-24(6-4-23)46-18-25-19-48-35-34(51-25)39(67)55-40(43)54-35/h3-6,19,26-27,46H,1-2,7-18,20-22,42H2,(H,44,57)(H,45,64)(H,47,56)(H,49,65)(H,50,66)(H,52,58)(H,53,59)(H,60,61)(H,62,63)(H3,43,48,54,55,67)/t26-,27-/m0/s1. The average molecular weight is 1050 g/mol. The lowest BCUT2D eigenvalue weighted by Gasteiger charge is -2.20. The van der Waals surface area contributed by atoms with Crippen LogP contribution in [0.15, 0.2) is 35.3 Å². The lowest BCUT2D eigenvalue weighted by molar-refractivity contribution is -0.138. The highest BCUT2D eigenvalue weighted by atomic mass is 33.1. The number of fused-ring (bicyclic) bond motifs is 1. The monoisotopic (exact) mass is 1050 g/mol. The van der Waals surface area contributed by atoms with Crippen LogP contribution in [0.25, 0.3) is 11.2 Å². The number of hydrogen-bond acceptors (Lipinski definition) is 21. The molecule has 0 spiro atoms. The van der Waals surface area contributed by atoms with Gasteiger partial charge in [0.1, 0.15) is 25.3 Å². The first-order valence-corrected chi connectivity index (χ1v) is 24.4. The Bertz CT molecular complexity index is 2430. The fourth-order valence-electron chi connectivity index (χ4n) is 5.71. The van der Waals surface area contributed by atoms with Gasteiger partial charge in [0.2, 0.25) is 41.4 Å². The second-order valence-electron chi connectivity index (χ2n) is 14.8. The molecule has 1 aromatic carbocycles. The molecular weight excluding hydrogens is 993 g/mol. The van der Waals surface area contributed by atoms with Crippen molar-refractivity contribution in [2.45, 2.75) is 57.2 Å². The molecule has 3 rings (SSSR count). The Morgan fingerprint density at radius 2 is 1.29 bits per heavy atom. The third-order valence-electron chi connectivity index (χ3n) is 9.18. The molecule has 0 saturated heterocycles. The van der Waals surface area contributed by atoms with Gasteiger partial charge in [-0.05, 0) is 43.5 Å². The lowest BCUT2D eigenvalue weighted by Crippen LogP contribution is -2.53. The van der Waals surface area contributed by atoms with E-state index < -0.39 is 116 Å². The molecule has 3 aromatic rings. The number of aliphatic carboxylic acids is 2. The molecule has 0 saturated carbocycles. The van der Waals surface area contributed by atoms with Crippen LogP contribution in [0.2, 0.25) is 0 Å². The van der Waals surface area contributed by atoms with E-state index in [1.807, 2.05) is 0 Å². The minimum absolute atomic E-state index is 0.0342. The molecule has 0 bridgehead atoms. The first kappa shape index (κ1) is 58.5. The number of rotatable bonds is 33. The summed E-state index contributed by atoms with van der Waals surface area (Å²) in [6, 6.07) is 3.53. The van der Waals surface area contributed by atoms with Crippen LogP contribution in [0, 0.1) is 0 Å².